The van der Waals surface area contributed by atoms with Crippen LogP contribution in [0.2, 0.25) is 0 Å². The number of aryl methyl sites for hydroxylation is 2. The Labute approximate surface area is 176 Å². The molecule has 2 N–H and O–H groups in total. The molecule has 0 unspecified atom stereocenters. The number of rotatable bonds is 4. The average Bonchev–Trinajstić information content (AvgIpc) is 2.54. The molecule has 2 aromatic rings. The predicted molar refractivity (Wildman–Crippen MR) is 119 cm³/mol. The predicted octanol–water partition coefficient (Wildman–Crippen LogP) is 5.40. The number of hydrogen-bond acceptors (Lipinski definition) is 3. The molecule has 152 valence electrons. The molecule has 4 heteroatoms. The molecule has 0 aromatic heterocycles. The number of benzene rings is 2. The second kappa shape index (κ2) is 8.11. The normalized spacial score (nSPS) is 12.5. The maximum absolute atomic E-state index is 11.2. The third kappa shape index (κ3) is 4.74. The summed E-state index contributed by atoms with van der Waals surface area (Å²) in [7, 11) is 1.72. The van der Waals surface area contributed by atoms with Gasteiger partial charge in [-0.2, -0.15) is 0 Å². The van der Waals surface area contributed by atoms with Crippen LogP contribution < -0.4 is 0 Å². The number of aromatic hydroxyl groups is 2. The molecule has 3 nitrogen and oxygen atoms in total. The SMILES string of the molecule is C[O][AlH][CH](c1cc(C)cc(C(C)(C)C)c1O)c1cc(C)cc(C(C)(C)C)c1O. The van der Waals surface area contributed by atoms with Gasteiger partial charge in [-0.3, -0.25) is 0 Å². The Morgan fingerprint density at radius 1 is 0.750 bits per heavy atom. The lowest BCUT2D eigenvalue weighted by Crippen LogP contribution is -2.19. The Hall–Kier alpha value is -1.47. The largest absolute Gasteiger partial charge is 0.507 e. The monoisotopic (exact) mass is 398 g/mol. The molecule has 0 amide bonds. The van der Waals surface area contributed by atoms with Crippen molar-refractivity contribution in [1.82, 2.24) is 0 Å². The molecule has 0 saturated carbocycles. The highest BCUT2D eigenvalue weighted by atomic mass is 27.1. The van der Waals surface area contributed by atoms with E-state index >= 15 is 0 Å². The van der Waals surface area contributed by atoms with E-state index in [-0.39, 0.29) is 15.6 Å². The first-order valence-electron chi connectivity index (χ1n) is 9.94. The van der Waals surface area contributed by atoms with Gasteiger partial charge >= 0.3 is 15.6 Å². The van der Waals surface area contributed by atoms with E-state index in [1.165, 1.54) is 0 Å². The first-order chi connectivity index (χ1) is 12.8. The van der Waals surface area contributed by atoms with Crippen molar-refractivity contribution in [3.63, 3.8) is 0 Å². The van der Waals surface area contributed by atoms with E-state index in [1.807, 2.05) is 12.1 Å². The first-order valence-corrected chi connectivity index (χ1v) is 11.3. The standard InChI is InChI=1S/C23H31O2.CH3O.Al.H/c1-14-9-16(20(24)18(11-14)22(3,4)5)13-17-10-15(2)12-19(21(17)25)23(6,7)8;1-2;;/h9-13,24-25H,1-8H3;1H3;;/q;-1;+1;. The Bertz CT molecular complexity index is 788. The summed E-state index contributed by atoms with van der Waals surface area (Å²) in [6, 6.07) is 8.20. The Morgan fingerprint density at radius 2 is 1.11 bits per heavy atom. The summed E-state index contributed by atoms with van der Waals surface area (Å²) in [6.07, 6.45) is 0. The van der Waals surface area contributed by atoms with Gasteiger partial charge in [0.15, 0.2) is 0 Å². The molecule has 0 aliphatic heterocycles. The topological polar surface area (TPSA) is 49.7 Å². The fraction of sp³-hybridized carbons (Fsp3) is 0.500. The van der Waals surface area contributed by atoms with Crippen LogP contribution in [0.1, 0.15) is 79.7 Å². The highest BCUT2D eigenvalue weighted by molar-refractivity contribution is 6.31. The van der Waals surface area contributed by atoms with E-state index in [4.69, 9.17) is 3.79 Å². The summed E-state index contributed by atoms with van der Waals surface area (Å²) in [5, 5.41) is 22.4. The summed E-state index contributed by atoms with van der Waals surface area (Å²) in [6.45, 7) is 16.8. The minimum atomic E-state index is -1.08. The van der Waals surface area contributed by atoms with Gasteiger partial charge in [-0.15, -0.1) is 0 Å². The first kappa shape index (κ1) is 22.8. The van der Waals surface area contributed by atoms with Crippen LogP contribution in [0.25, 0.3) is 0 Å². The fourth-order valence-corrected chi connectivity index (χ4v) is 5.12. The van der Waals surface area contributed by atoms with E-state index in [1.54, 1.807) is 7.11 Å². The van der Waals surface area contributed by atoms with Crippen molar-refractivity contribution < 1.29 is 14.0 Å². The molecule has 0 bridgehead atoms. The minimum Gasteiger partial charge on any atom is -0.507 e. The van der Waals surface area contributed by atoms with E-state index in [9.17, 15) is 10.2 Å². The molecule has 0 spiro atoms. The van der Waals surface area contributed by atoms with Gasteiger partial charge in [-0.1, -0.05) is 76.9 Å². The molecule has 28 heavy (non-hydrogen) atoms. The molecule has 0 aliphatic carbocycles. The van der Waals surface area contributed by atoms with Gasteiger partial charge in [0.25, 0.3) is 0 Å². The third-order valence-corrected chi connectivity index (χ3v) is 6.81. The number of phenols is 2. The zero-order chi connectivity index (χ0) is 21.4. The van der Waals surface area contributed by atoms with Gasteiger partial charge in [0, 0.05) is 7.11 Å². The maximum atomic E-state index is 11.2. The smallest absolute Gasteiger partial charge is 0.448 e. The Kier molecular flexibility index (Phi) is 6.61. The second-order valence-electron chi connectivity index (χ2n) is 10.0. The average molecular weight is 399 g/mol. The van der Waals surface area contributed by atoms with Crippen molar-refractivity contribution in [3.05, 3.63) is 57.6 Å². The van der Waals surface area contributed by atoms with Crippen molar-refractivity contribution in [2.75, 3.05) is 7.11 Å². The maximum Gasteiger partial charge on any atom is 0.448 e. The van der Waals surface area contributed by atoms with Crippen molar-refractivity contribution >= 4 is 15.6 Å². The molecule has 0 heterocycles. The van der Waals surface area contributed by atoms with Crippen molar-refractivity contribution in [2.24, 2.45) is 0 Å². The van der Waals surface area contributed by atoms with Crippen LogP contribution in [0, 0.1) is 13.8 Å². The number of hydrogen-bond donors (Lipinski definition) is 2. The Morgan fingerprint density at radius 3 is 1.39 bits per heavy atom. The zero-order valence-corrected chi connectivity index (χ0v) is 20.3. The minimum absolute atomic E-state index is 0.119. The van der Waals surface area contributed by atoms with E-state index < -0.39 is 15.6 Å². The molecule has 0 radical (unpaired) electrons. The second-order valence-corrected chi connectivity index (χ2v) is 11.7. The zero-order valence-electron chi connectivity index (χ0n) is 18.9. The van der Waals surface area contributed by atoms with Crippen LogP contribution in [0.3, 0.4) is 0 Å². The quantitative estimate of drug-likeness (QED) is 0.678. The van der Waals surface area contributed by atoms with Gasteiger partial charge in [0.1, 0.15) is 11.5 Å². The van der Waals surface area contributed by atoms with E-state index in [0.29, 0.717) is 11.5 Å². The van der Waals surface area contributed by atoms with Gasteiger partial charge in [0.2, 0.25) is 0 Å². The van der Waals surface area contributed by atoms with Gasteiger partial charge in [-0.25, -0.2) is 0 Å². The van der Waals surface area contributed by atoms with Crippen LogP contribution in [0.15, 0.2) is 24.3 Å². The fourth-order valence-electron chi connectivity index (χ4n) is 3.80. The highest BCUT2D eigenvalue weighted by Gasteiger charge is 2.30. The van der Waals surface area contributed by atoms with Crippen molar-refractivity contribution in [1.29, 1.82) is 0 Å². The van der Waals surface area contributed by atoms with Gasteiger partial charge in [0.05, 0.1) is 0 Å². The summed E-state index contributed by atoms with van der Waals surface area (Å²) in [5.74, 6) is 0.650. The van der Waals surface area contributed by atoms with Crippen LogP contribution in [0.4, 0.5) is 0 Å². The van der Waals surface area contributed by atoms with E-state index in [2.05, 4.69) is 67.5 Å². The molecule has 0 atom stereocenters. The summed E-state index contributed by atoms with van der Waals surface area (Å²) < 4.78 is 5.55. The van der Waals surface area contributed by atoms with Gasteiger partial charge < -0.3 is 14.0 Å². The molecular formula is C24H35AlO3. The van der Waals surface area contributed by atoms with E-state index in [0.717, 1.165) is 33.4 Å². The van der Waals surface area contributed by atoms with Crippen LogP contribution in [0.5, 0.6) is 11.5 Å². The van der Waals surface area contributed by atoms with Crippen molar-refractivity contribution in [2.45, 2.75) is 71.0 Å². The molecule has 0 fully saturated rings. The molecule has 2 aromatic carbocycles. The molecule has 0 saturated heterocycles. The van der Waals surface area contributed by atoms with Crippen LogP contribution >= 0.6 is 0 Å². The van der Waals surface area contributed by atoms with Crippen LogP contribution in [-0.4, -0.2) is 32.9 Å². The summed E-state index contributed by atoms with van der Waals surface area (Å²) in [5.41, 5.74) is 5.46. The summed E-state index contributed by atoms with van der Waals surface area (Å²) >= 11 is -1.08. The lowest BCUT2D eigenvalue weighted by Gasteiger charge is -2.28. The lowest BCUT2D eigenvalue weighted by molar-refractivity contribution is 0.417. The highest BCUT2D eigenvalue weighted by Crippen LogP contribution is 2.44. The molecular weight excluding hydrogens is 363 g/mol. The third-order valence-electron chi connectivity index (χ3n) is 5.27. The Balaban J connectivity index is 2.79. The van der Waals surface area contributed by atoms with Crippen molar-refractivity contribution in [3.8, 4) is 11.5 Å². The lowest BCUT2D eigenvalue weighted by atomic mass is 9.81. The van der Waals surface area contributed by atoms with Gasteiger partial charge in [-0.05, 0) is 51.7 Å². The van der Waals surface area contributed by atoms with Crippen LogP contribution in [-0.2, 0) is 14.6 Å². The number of phenolic OH excluding ortho intramolecular Hbond substituents is 2. The molecule has 0 aliphatic rings. The summed E-state index contributed by atoms with van der Waals surface area (Å²) in [4.78, 5) is 0. The molecule has 2 rings (SSSR count).